The Balaban J connectivity index is 2.21. The summed E-state index contributed by atoms with van der Waals surface area (Å²) >= 11 is 0. The van der Waals surface area contributed by atoms with E-state index in [1.807, 2.05) is 0 Å². The average Bonchev–Trinajstić information content (AvgIpc) is 3.02. The Morgan fingerprint density at radius 3 is 2.04 bits per heavy atom. The number of rotatable bonds is 3. The maximum absolute atomic E-state index is 12.7. The van der Waals surface area contributed by atoms with E-state index < -0.39 is 21.1 Å². The molecule has 24 heavy (non-hydrogen) atoms. The molecule has 1 aliphatic rings. The van der Waals surface area contributed by atoms with Crippen molar-refractivity contribution in [3.63, 3.8) is 0 Å². The number of aryl methyl sites for hydroxylation is 3. The minimum Gasteiger partial charge on any atom is -0.305 e. The molecule has 1 aliphatic carbocycles. The van der Waals surface area contributed by atoms with Crippen LogP contribution in [0.4, 0.5) is 0 Å². The van der Waals surface area contributed by atoms with Crippen molar-refractivity contribution in [1.82, 2.24) is 13.9 Å². The van der Waals surface area contributed by atoms with Crippen molar-refractivity contribution >= 4 is 21.1 Å². The quantitative estimate of drug-likeness (QED) is 0.827. The minimum absolute atomic E-state index is 0.0333. The van der Waals surface area contributed by atoms with Crippen molar-refractivity contribution in [2.45, 2.75) is 43.5 Å². The van der Waals surface area contributed by atoms with Crippen LogP contribution in [0.1, 0.15) is 31.2 Å². The van der Waals surface area contributed by atoms with Gasteiger partial charge in [-0.1, -0.05) is 12.8 Å². The van der Waals surface area contributed by atoms with Crippen molar-refractivity contribution in [3.8, 4) is 0 Å². The third-order valence-electron chi connectivity index (χ3n) is 4.75. The number of sulfonamides is 1. The Kier molecular flexibility index (Phi) is 4.13. The lowest BCUT2D eigenvalue weighted by Gasteiger charge is -2.16. The first-order chi connectivity index (χ1) is 11.2. The molecule has 1 aromatic heterocycles. The van der Waals surface area contributed by atoms with Gasteiger partial charge in [0.25, 0.3) is 0 Å². The van der Waals surface area contributed by atoms with Gasteiger partial charge in [0, 0.05) is 20.1 Å². The highest BCUT2D eigenvalue weighted by molar-refractivity contribution is 7.89. The largest absolute Gasteiger partial charge is 0.316 e. The highest BCUT2D eigenvalue weighted by Crippen LogP contribution is 2.24. The monoisotopic (exact) mass is 351 g/mol. The SMILES string of the molecule is Cc1cc2c(cc1S(=O)(=O)NC1CCCC1)n(C)c(=O)c(=O)n2C. The molecule has 1 heterocycles. The average molecular weight is 351 g/mol. The van der Waals surface area contributed by atoms with Crippen molar-refractivity contribution < 1.29 is 8.42 Å². The fraction of sp³-hybridized carbons (Fsp3) is 0.500. The Labute approximate surface area is 140 Å². The molecule has 1 aromatic carbocycles. The number of hydrogen-bond donors (Lipinski definition) is 1. The Hall–Kier alpha value is -1.93. The van der Waals surface area contributed by atoms with Crippen molar-refractivity contribution in [1.29, 1.82) is 0 Å². The predicted molar refractivity (Wildman–Crippen MR) is 91.7 cm³/mol. The third-order valence-corrected chi connectivity index (χ3v) is 6.42. The lowest BCUT2D eigenvalue weighted by molar-refractivity contribution is 0.551. The van der Waals surface area contributed by atoms with Crippen molar-refractivity contribution in [2.24, 2.45) is 14.1 Å². The first-order valence-electron chi connectivity index (χ1n) is 7.95. The maximum Gasteiger partial charge on any atom is 0.316 e. The van der Waals surface area contributed by atoms with Gasteiger partial charge in [-0.25, -0.2) is 13.1 Å². The molecule has 3 rings (SSSR count). The molecule has 0 radical (unpaired) electrons. The van der Waals surface area contributed by atoms with Gasteiger partial charge in [0.05, 0.1) is 15.9 Å². The van der Waals surface area contributed by atoms with Crippen LogP contribution >= 0.6 is 0 Å². The van der Waals surface area contributed by atoms with Crippen LogP contribution in [0, 0.1) is 6.92 Å². The van der Waals surface area contributed by atoms with Gasteiger partial charge in [-0.2, -0.15) is 0 Å². The first-order valence-corrected chi connectivity index (χ1v) is 9.43. The van der Waals surface area contributed by atoms with E-state index >= 15 is 0 Å². The number of nitrogens with one attached hydrogen (secondary N) is 1. The zero-order valence-corrected chi connectivity index (χ0v) is 14.8. The summed E-state index contributed by atoms with van der Waals surface area (Å²) in [5.41, 5.74) is 0.172. The summed E-state index contributed by atoms with van der Waals surface area (Å²) in [5, 5.41) is 0. The summed E-state index contributed by atoms with van der Waals surface area (Å²) in [7, 11) is -0.686. The zero-order valence-electron chi connectivity index (χ0n) is 14.0. The van der Waals surface area contributed by atoms with Crippen LogP contribution in [0.2, 0.25) is 0 Å². The second kappa shape index (κ2) is 5.86. The highest BCUT2D eigenvalue weighted by atomic mass is 32.2. The van der Waals surface area contributed by atoms with Gasteiger partial charge in [-0.15, -0.1) is 0 Å². The predicted octanol–water partition coefficient (Wildman–Crippen LogP) is 0.767. The molecule has 0 atom stereocenters. The zero-order chi connectivity index (χ0) is 17.6. The van der Waals surface area contributed by atoms with Crippen LogP contribution in [0.15, 0.2) is 26.6 Å². The van der Waals surface area contributed by atoms with Gasteiger partial charge in [0.1, 0.15) is 0 Å². The van der Waals surface area contributed by atoms with E-state index in [-0.39, 0.29) is 10.9 Å². The topological polar surface area (TPSA) is 90.2 Å². The van der Waals surface area contributed by atoms with E-state index in [2.05, 4.69) is 4.72 Å². The highest BCUT2D eigenvalue weighted by Gasteiger charge is 2.25. The Morgan fingerprint density at radius 2 is 1.50 bits per heavy atom. The van der Waals surface area contributed by atoms with E-state index in [4.69, 9.17) is 0 Å². The van der Waals surface area contributed by atoms with Crippen LogP contribution in [-0.2, 0) is 24.1 Å². The molecule has 0 spiro atoms. The molecule has 0 amide bonds. The molecular formula is C16H21N3O4S. The van der Waals surface area contributed by atoms with Gasteiger partial charge in [-0.3, -0.25) is 9.59 Å². The second-order valence-corrected chi connectivity index (χ2v) is 8.12. The maximum atomic E-state index is 12.7. The third kappa shape index (κ3) is 2.69. The molecule has 1 fully saturated rings. The van der Waals surface area contributed by atoms with Gasteiger partial charge in [0.15, 0.2) is 0 Å². The standard InChI is InChI=1S/C16H21N3O4S/c1-10-8-12-13(19(3)16(21)15(20)18(12)2)9-14(10)24(22,23)17-11-6-4-5-7-11/h8-9,11,17H,4-7H2,1-3H3. The molecule has 8 heteroatoms. The number of aromatic nitrogens is 2. The van der Waals surface area contributed by atoms with E-state index in [1.54, 1.807) is 13.0 Å². The smallest absolute Gasteiger partial charge is 0.305 e. The normalized spacial score (nSPS) is 16.1. The van der Waals surface area contributed by atoms with Crippen LogP contribution < -0.4 is 15.8 Å². The molecule has 7 nitrogen and oxygen atoms in total. The summed E-state index contributed by atoms with van der Waals surface area (Å²) in [4.78, 5) is 24.1. The van der Waals surface area contributed by atoms with Crippen LogP contribution in [0.5, 0.6) is 0 Å². The second-order valence-electron chi connectivity index (χ2n) is 6.44. The van der Waals surface area contributed by atoms with Crippen LogP contribution in [0.25, 0.3) is 11.0 Å². The number of fused-ring (bicyclic) bond motifs is 1. The first kappa shape index (κ1) is 16.9. The number of benzene rings is 1. The summed E-state index contributed by atoms with van der Waals surface area (Å²) < 4.78 is 30.7. The van der Waals surface area contributed by atoms with Crippen LogP contribution in [-0.4, -0.2) is 23.6 Å². The van der Waals surface area contributed by atoms with Crippen LogP contribution in [0.3, 0.4) is 0 Å². The molecule has 0 unspecified atom stereocenters. The van der Waals surface area contributed by atoms with E-state index in [0.717, 1.165) is 25.7 Å². The van der Waals surface area contributed by atoms with Gasteiger partial charge in [0.2, 0.25) is 10.0 Å². The molecule has 1 N–H and O–H groups in total. The fourth-order valence-electron chi connectivity index (χ4n) is 3.32. The van der Waals surface area contributed by atoms with Gasteiger partial charge < -0.3 is 9.13 Å². The molecule has 0 saturated heterocycles. The van der Waals surface area contributed by atoms with Crippen molar-refractivity contribution in [2.75, 3.05) is 0 Å². The van der Waals surface area contributed by atoms with Gasteiger partial charge in [-0.05, 0) is 37.5 Å². The van der Waals surface area contributed by atoms with Crippen molar-refractivity contribution in [3.05, 3.63) is 38.4 Å². The summed E-state index contributed by atoms with van der Waals surface area (Å²) in [6.07, 6.45) is 3.75. The molecule has 0 bridgehead atoms. The Morgan fingerprint density at radius 1 is 1.00 bits per heavy atom. The number of nitrogens with zero attached hydrogens (tertiary/aromatic N) is 2. The minimum atomic E-state index is -3.67. The molecule has 2 aromatic rings. The van der Waals surface area contributed by atoms with E-state index in [0.29, 0.717) is 16.6 Å². The summed E-state index contributed by atoms with van der Waals surface area (Å²) in [5.74, 6) is 0. The number of hydrogen-bond acceptors (Lipinski definition) is 4. The molecular weight excluding hydrogens is 330 g/mol. The van der Waals surface area contributed by atoms with Gasteiger partial charge >= 0.3 is 11.1 Å². The van der Waals surface area contributed by atoms with E-state index in [9.17, 15) is 18.0 Å². The summed E-state index contributed by atoms with van der Waals surface area (Å²) in [6.45, 7) is 1.69. The molecule has 0 aliphatic heterocycles. The lowest BCUT2D eigenvalue weighted by Crippen LogP contribution is -2.39. The lowest BCUT2D eigenvalue weighted by atomic mass is 10.2. The van der Waals surface area contributed by atoms with E-state index in [1.165, 1.54) is 29.3 Å². The molecule has 1 saturated carbocycles. The fourth-order valence-corrected chi connectivity index (χ4v) is 4.87. The summed E-state index contributed by atoms with van der Waals surface area (Å²) in [6, 6.07) is 3.08. The Bertz CT molecular complexity index is 1030. The molecule has 130 valence electrons.